The Bertz CT molecular complexity index is 907. The number of carbonyl (C=O) groups excluding carboxylic acids is 2. The molecule has 1 aliphatic heterocycles. The molecule has 174 valence electrons. The van der Waals surface area contributed by atoms with Gasteiger partial charge in [-0.25, -0.2) is 4.79 Å². The van der Waals surface area contributed by atoms with Crippen molar-refractivity contribution >= 4 is 23.3 Å². The summed E-state index contributed by atoms with van der Waals surface area (Å²) in [7, 11) is 0. The largest absolute Gasteiger partial charge is 0.491 e. The third-order valence-electron chi connectivity index (χ3n) is 5.89. The predicted molar refractivity (Wildman–Crippen MR) is 129 cm³/mol. The average molecular weight is 458 g/mol. The van der Waals surface area contributed by atoms with Crippen LogP contribution in [-0.4, -0.2) is 54.0 Å². The Morgan fingerprint density at radius 1 is 1.19 bits per heavy atom. The zero-order valence-electron chi connectivity index (χ0n) is 19.8. The first-order chi connectivity index (χ1) is 15.3. The number of urea groups is 1. The van der Waals surface area contributed by atoms with Crippen molar-refractivity contribution in [2.45, 2.75) is 59.0 Å². The molecule has 1 aliphatic rings. The number of fused-ring (bicyclic) bond motifs is 1. The second kappa shape index (κ2) is 10.9. The van der Waals surface area contributed by atoms with E-state index in [0.717, 1.165) is 17.7 Å². The van der Waals surface area contributed by atoms with Crippen LogP contribution < -0.4 is 10.1 Å². The number of carbonyl (C=O) groups is 2. The number of benzene rings is 1. The van der Waals surface area contributed by atoms with E-state index in [1.165, 1.54) is 10.4 Å². The fourth-order valence-corrected chi connectivity index (χ4v) is 4.91. The molecule has 3 rings (SSSR count). The Kier molecular flexibility index (Phi) is 8.18. The molecule has 0 saturated carbocycles. The quantitative estimate of drug-likeness (QED) is 0.618. The summed E-state index contributed by atoms with van der Waals surface area (Å²) < 4.78 is 6.14. The Hall–Kier alpha value is -2.54. The zero-order chi connectivity index (χ0) is 23.3. The minimum absolute atomic E-state index is 0.0504. The van der Waals surface area contributed by atoms with Gasteiger partial charge in [-0.2, -0.15) is 0 Å². The summed E-state index contributed by atoms with van der Waals surface area (Å²) in [5.41, 5.74) is 2.42. The van der Waals surface area contributed by atoms with Crippen LogP contribution in [0, 0.1) is 0 Å². The van der Waals surface area contributed by atoms with Gasteiger partial charge in [0.2, 0.25) is 5.91 Å². The van der Waals surface area contributed by atoms with Crippen molar-refractivity contribution in [2.24, 2.45) is 0 Å². The summed E-state index contributed by atoms with van der Waals surface area (Å²) in [6.45, 7) is 11.7. The van der Waals surface area contributed by atoms with Crippen LogP contribution in [0.1, 0.15) is 62.6 Å². The molecule has 1 aromatic carbocycles. The molecule has 1 atom stereocenters. The molecule has 32 heavy (non-hydrogen) atoms. The van der Waals surface area contributed by atoms with Crippen LogP contribution in [-0.2, 0) is 11.2 Å². The van der Waals surface area contributed by atoms with Crippen LogP contribution in [0.15, 0.2) is 35.7 Å². The number of thiophene rings is 1. The van der Waals surface area contributed by atoms with E-state index in [1.54, 1.807) is 16.2 Å². The van der Waals surface area contributed by atoms with Crippen molar-refractivity contribution in [3.8, 4) is 5.75 Å². The first-order valence-electron chi connectivity index (χ1n) is 11.4. The highest BCUT2D eigenvalue weighted by Crippen LogP contribution is 2.34. The molecule has 6 nitrogen and oxygen atoms in total. The molecule has 3 amide bonds. The first kappa shape index (κ1) is 24.1. The molecule has 0 fully saturated rings. The Morgan fingerprint density at radius 2 is 1.91 bits per heavy atom. The standard InChI is InChI=1S/C25H35N3O3S/c1-6-26-25(30)28(18(4)5)15-24(29)27-13-11-23-21(12-14-32-23)22(27)16-31-20-9-7-19(8-10-20)17(2)3/h7-10,12,14,17-18,22H,6,11,13,15-16H2,1-5H3,(H,26,30)/t22-/m0/s1. The van der Waals surface area contributed by atoms with Gasteiger partial charge in [0.05, 0.1) is 6.04 Å². The Balaban J connectivity index is 1.75. The van der Waals surface area contributed by atoms with Gasteiger partial charge in [-0.1, -0.05) is 26.0 Å². The Labute approximate surface area is 195 Å². The molecule has 1 N–H and O–H groups in total. The number of amides is 3. The van der Waals surface area contributed by atoms with Crippen molar-refractivity contribution in [2.75, 3.05) is 26.2 Å². The number of rotatable bonds is 8. The van der Waals surface area contributed by atoms with Gasteiger partial charge < -0.3 is 19.9 Å². The number of ether oxygens (including phenoxy) is 1. The van der Waals surface area contributed by atoms with Crippen molar-refractivity contribution in [1.29, 1.82) is 0 Å². The molecular formula is C25H35N3O3S. The highest BCUT2D eigenvalue weighted by Gasteiger charge is 2.34. The maximum Gasteiger partial charge on any atom is 0.318 e. The normalized spacial score (nSPS) is 15.6. The van der Waals surface area contributed by atoms with Gasteiger partial charge in [0, 0.05) is 24.0 Å². The van der Waals surface area contributed by atoms with E-state index in [2.05, 4.69) is 42.7 Å². The summed E-state index contributed by atoms with van der Waals surface area (Å²) in [4.78, 5) is 30.6. The van der Waals surface area contributed by atoms with Crippen LogP contribution in [0.3, 0.4) is 0 Å². The number of nitrogens with zero attached hydrogens (tertiary/aromatic N) is 2. The average Bonchev–Trinajstić information content (AvgIpc) is 3.24. The van der Waals surface area contributed by atoms with Gasteiger partial charge in [0.15, 0.2) is 0 Å². The molecule has 0 radical (unpaired) electrons. The topological polar surface area (TPSA) is 61.9 Å². The van der Waals surface area contributed by atoms with E-state index in [-0.39, 0.29) is 30.6 Å². The molecule has 1 aromatic heterocycles. The molecule has 0 spiro atoms. The summed E-state index contributed by atoms with van der Waals surface area (Å²) in [6, 6.07) is 9.83. The number of hydrogen-bond acceptors (Lipinski definition) is 4. The van der Waals surface area contributed by atoms with E-state index in [0.29, 0.717) is 25.6 Å². The van der Waals surface area contributed by atoms with Crippen LogP contribution in [0.25, 0.3) is 0 Å². The third kappa shape index (κ3) is 5.63. The predicted octanol–water partition coefficient (Wildman–Crippen LogP) is 4.82. The van der Waals surface area contributed by atoms with Gasteiger partial charge in [0.25, 0.3) is 0 Å². The molecule has 2 aromatic rings. The molecule has 0 aliphatic carbocycles. The fraction of sp³-hybridized carbons (Fsp3) is 0.520. The molecular weight excluding hydrogens is 422 g/mol. The summed E-state index contributed by atoms with van der Waals surface area (Å²) in [6.07, 6.45) is 0.834. The highest BCUT2D eigenvalue weighted by molar-refractivity contribution is 7.10. The van der Waals surface area contributed by atoms with E-state index in [1.807, 2.05) is 37.8 Å². The SMILES string of the molecule is CCNC(=O)N(CC(=O)N1CCc2sccc2[C@@H]1COc1ccc(C(C)C)cc1)C(C)C. The monoisotopic (exact) mass is 457 g/mol. The lowest BCUT2D eigenvalue weighted by atomic mass is 10.00. The molecule has 0 saturated heterocycles. The van der Waals surface area contributed by atoms with Crippen LogP contribution in [0.4, 0.5) is 4.79 Å². The molecule has 0 bridgehead atoms. The lowest BCUT2D eigenvalue weighted by Gasteiger charge is -2.37. The second-order valence-electron chi connectivity index (χ2n) is 8.74. The van der Waals surface area contributed by atoms with Gasteiger partial charge in [-0.05, 0) is 67.8 Å². The maximum atomic E-state index is 13.3. The summed E-state index contributed by atoms with van der Waals surface area (Å²) in [5, 5.41) is 4.89. The minimum Gasteiger partial charge on any atom is -0.491 e. The van der Waals surface area contributed by atoms with Gasteiger partial charge >= 0.3 is 6.03 Å². The smallest absolute Gasteiger partial charge is 0.318 e. The van der Waals surface area contributed by atoms with E-state index < -0.39 is 0 Å². The molecule has 7 heteroatoms. The number of hydrogen-bond donors (Lipinski definition) is 1. The summed E-state index contributed by atoms with van der Waals surface area (Å²) >= 11 is 1.73. The van der Waals surface area contributed by atoms with Crippen molar-refractivity contribution in [3.05, 3.63) is 51.7 Å². The van der Waals surface area contributed by atoms with Gasteiger partial charge in [-0.3, -0.25) is 4.79 Å². The number of nitrogens with one attached hydrogen (secondary N) is 1. The van der Waals surface area contributed by atoms with Crippen molar-refractivity contribution in [1.82, 2.24) is 15.1 Å². The van der Waals surface area contributed by atoms with E-state index >= 15 is 0 Å². The molecule has 2 heterocycles. The van der Waals surface area contributed by atoms with Crippen molar-refractivity contribution < 1.29 is 14.3 Å². The summed E-state index contributed by atoms with van der Waals surface area (Å²) in [5.74, 6) is 1.22. The van der Waals surface area contributed by atoms with Gasteiger partial charge in [-0.15, -0.1) is 11.3 Å². The van der Waals surface area contributed by atoms with Gasteiger partial charge in [0.1, 0.15) is 18.9 Å². The van der Waals surface area contributed by atoms with E-state index in [4.69, 9.17) is 4.74 Å². The highest BCUT2D eigenvalue weighted by atomic mass is 32.1. The third-order valence-corrected chi connectivity index (χ3v) is 6.88. The van der Waals surface area contributed by atoms with Crippen LogP contribution in [0.2, 0.25) is 0 Å². The molecule has 0 unspecified atom stereocenters. The Morgan fingerprint density at radius 3 is 2.53 bits per heavy atom. The minimum atomic E-state index is -0.206. The zero-order valence-corrected chi connectivity index (χ0v) is 20.6. The van der Waals surface area contributed by atoms with E-state index in [9.17, 15) is 9.59 Å². The lowest BCUT2D eigenvalue weighted by Crippen LogP contribution is -2.51. The fourth-order valence-electron chi connectivity index (χ4n) is 3.98. The van der Waals surface area contributed by atoms with Crippen LogP contribution in [0.5, 0.6) is 5.75 Å². The first-order valence-corrected chi connectivity index (χ1v) is 12.3. The lowest BCUT2D eigenvalue weighted by molar-refractivity contribution is -0.135. The second-order valence-corrected chi connectivity index (χ2v) is 9.74. The van der Waals surface area contributed by atoms with Crippen LogP contribution >= 0.6 is 11.3 Å². The maximum absolute atomic E-state index is 13.3. The van der Waals surface area contributed by atoms with Crippen molar-refractivity contribution in [3.63, 3.8) is 0 Å².